The first kappa shape index (κ1) is 22.0. The van der Waals surface area contributed by atoms with Crippen LogP contribution in [0.15, 0.2) is 0 Å². The van der Waals surface area contributed by atoms with E-state index in [9.17, 15) is 21.8 Å². The van der Waals surface area contributed by atoms with Gasteiger partial charge in [-0.1, -0.05) is 0 Å². The molecule has 0 heterocycles. The molecule has 0 rings (SSSR count). The molecule has 0 atom stereocenters. The second kappa shape index (κ2) is 11.4. The van der Waals surface area contributed by atoms with E-state index in [1.807, 2.05) is 0 Å². The average Bonchev–Trinajstić information content (AvgIpc) is 2.38. The minimum atomic E-state index is -4.22. The topological polar surface area (TPSA) is 57.2 Å². The summed E-state index contributed by atoms with van der Waals surface area (Å²) in [4.78, 5) is 0. The van der Waals surface area contributed by atoms with Gasteiger partial charge in [0.15, 0.2) is 0 Å². The van der Waals surface area contributed by atoms with Crippen molar-refractivity contribution in [2.24, 2.45) is 0 Å². The fourth-order valence-electron chi connectivity index (χ4n) is 1.92. The molecule has 4 nitrogen and oxygen atoms in total. The van der Waals surface area contributed by atoms with E-state index in [0.29, 0.717) is 0 Å². The first-order valence-corrected chi connectivity index (χ1v) is 8.80. The molecule has 0 amide bonds. The molecule has 124 valence electrons. The normalized spacial score (nSPS) is 12.2. The Hall–Kier alpha value is -0.270. The molecule has 0 N–H and O–H groups in total. The van der Waals surface area contributed by atoms with Crippen LogP contribution in [0, 0.1) is 0 Å². The summed E-state index contributed by atoms with van der Waals surface area (Å²) in [5, 5.41) is 0. The maximum Gasteiger partial charge on any atom is 0.238 e. The predicted octanol–water partition coefficient (Wildman–Crippen LogP) is 2.85. The smallest absolute Gasteiger partial charge is 0.238 e. The molecule has 20 heavy (non-hydrogen) atoms. The number of hydrogen-bond acceptors (Lipinski definition) is 3. The summed E-state index contributed by atoms with van der Waals surface area (Å²) in [5.41, 5.74) is 0. The van der Waals surface area contributed by atoms with E-state index in [-0.39, 0.29) is 19.3 Å². The van der Waals surface area contributed by atoms with Crippen molar-refractivity contribution in [1.82, 2.24) is 0 Å². The third kappa shape index (κ3) is 12.7. The maximum absolute atomic E-state index is 11.4. The van der Waals surface area contributed by atoms with Gasteiger partial charge >= 0.3 is 0 Å². The highest BCUT2D eigenvalue weighted by atomic mass is 32.2. The van der Waals surface area contributed by atoms with Crippen molar-refractivity contribution in [2.45, 2.75) is 53.4 Å². The number of quaternary nitrogens is 1. The van der Waals surface area contributed by atoms with Gasteiger partial charge in [0.2, 0.25) is 6.43 Å². The zero-order chi connectivity index (χ0) is 16.2. The Morgan fingerprint density at radius 1 is 0.950 bits per heavy atom. The number of rotatable bonds is 9. The lowest BCUT2D eigenvalue weighted by atomic mass is 10.3. The molecule has 0 bridgehead atoms. The van der Waals surface area contributed by atoms with Crippen LogP contribution in [-0.4, -0.2) is 55.8 Å². The van der Waals surface area contributed by atoms with Gasteiger partial charge in [-0.05, 0) is 40.5 Å². The second-order valence-electron chi connectivity index (χ2n) is 4.76. The van der Waals surface area contributed by atoms with Crippen LogP contribution >= 0.6 is 0 Å². The van der Waals surface area contributed by atoms with Crippen molar-refractivity contribution >= 4 is 10.1 Å². The Balaban J connectivity index is 0. The molecule has 0 fully saturated rings. The largest absolute Gasteiger partial charge is 0.748 e. The van der Waals surface area contributed by atoms with Crippen LogP contribution in [0.1, 0.15) is 47.0 Å². The van der Waals surface area contributed by atoms with Crippen LogP contribution in [0.2, 0.25) is 0 Å². The van der Waals surface area contributed by atoms with Gasteiger partial charge in [-0.15, -0.1) is 0 Å². The Morgan fingerprint density at radius 3 is 1.55 bits per heavy atom. The molecule has 0 unspecified atom stereocenters. The number of unbranched alkanes of at least 4 members (excludes halogenated alkanes) is 1. The van der Waals surface area contributed by atoms with E-state index in [0.717, 1.165) is 0 Å². The first-order valence-electron chi connectivity index (χ1n) is 7.23. The second-order valence-corrected chi connectivity index (χ2v) is 6.28. The van der Waals surface area contributed by atoms with Crippen LogP contribution in [0.5, 0.6) is 0 Å². The summed E-state index contributed by atoms with van der Waals surface area (Å²) >= 11 is 0. The molecule has 0 aromatic rings. The maximum atomic E-state index is 11.4. The number of halogens is 2. The lowest BCUT2D eigenvalue weighted by Gasteiger charge is -2.34. The molecule has 0 radical (unpaired) electrons. The van der Waals surface area contributed by atoms with Gasteiger partial charge < -0.3 is 9.04 Å². The van der Waals surface area contributed by atoms with E-state index in [1.165, 1.54) is 30.7 Å². The minimum Gasteiger partial charge on any atom is -0.748 e. The summed E-state index contributed by atoms with van der Waals surface area (Å²) in [5.74, 6) is -0.542. The fourth-order valence-corrected chi connectivity index (χ4v) is 2.48. The van der Waals surface area contributed by atoms with E-state index in [1.54, 1.807) is 0 Å². The van der Waals surface area contributed by atoms with Crippen molar-refractivity contribution in [1.29, 1.82) is 0 Å². The van der Waals surface area contributed by atoms with Crippen LogP contribution in [0.25, 0.3) is 0 Å². The number of hydrogen-bond donors (Lipinski definition) is 0. The summed E-state index contributed by atoms with van der Waals surface area (Å²) in [6.45, 7) is 14.2. The molecule has 0 aromatic heterocycles. The minimum absolute atomic E-state index is 0.0240. The molecule has 0 aliphatic carbocycles. The van der Waals surface area contributed by atoms with Crippen LogP contribution < -0.4 is 0 Å². The molecule has 0 spiro atoms. The van der Waals surface area contributed by atoms with Crippen molar-refractivity contribution in [3.8, 4) is 0 Å². The summed E-state index contributed by atoms with van der Waals surface area (Å²) in [6.07, 6.45) is -2.64. The molecule has 0 aromatic carbocycles. The van der Waals surface area contributed by atoms with E-state index in [4.69, 9.17) is 0 Å². The van der Waals surface area contributed by atoms with Gasteiger partial charge in [-0.3, -0.25) is 0 Å². The number of nitrogens with zero attached hydrogens (tertiary/aromatic N) is 1. The van der Waals surface area contributed by atoms with Gasteiger partial charge in [0.25, 0.3) is 0 Å². The van der Waals surface area contributed by atoms with Crippen molar-refractivity contribution < 1.29 is 26.2 Å². The average molecular weight is 317 g/mol. The standard InChI is InChI=1S/C8H20N.C5H10F2O3S/c1-5-9(6-2,7-3)8-4;6-5(7)3-1-2-4-11(8,9)10/h5-8H2,1-4H3;5H,1-4H2,(H,8,9,10)/q+1;/p-1. The van der Waals surface area contributed by atoms with Crippen molar-refractivity contribution in [3.63, 3.8) is 0 Å². The van der Waals surface area contributed by atoms with Crippen molar-refractivity contribution in [3.05, 3.63) is 0 Å². The Morgan fingerprint density at radius 2 is 1.35 bits per heavy atom. The van der Waals surface area contributed by atoms with Crippen LogP contribution in [-0.2, 0) is 10.1 Å². The summed E-state index contributed by atoms with van der Waals surface area (Å²) in [7, 11) is -4.22. The molecule has 0 saturated carbocycles. The quantitative estimate of drug-likeness (QED) is 0.373. The monoisotopic (exact) mass is 317 g/mol. The lowest BCUT2D eigenvalue weighted by Crippen LogP contribution is -2.47. The van der Waals surface area contributed by atoms with Gasteiger partial charge in [-0.2, -0.15) is 0 Å². The van der Waals surface area contributed by atoms with Crippen LogP contribution in [0.3, 0.4) is 0 Å². The molecule has 0 aliphatic heterocycles. The number of alkyl halides is 2. The lowest BCUT2D eigenvalue weighted by molar-refractivity contribution is -0.921. The third-order valence-corrected chi connectivity index (χ3v) is 4.54. The highest BCUT2D eigenvalue weighted by Gasteiger charge is 2.16. The summed E-state index contributed by atoms with van der Waals surface area (Å²) in [6, 6.07) is 0. The van der Waals surface area contributed by atoms with E-state index in [2.05, 4.69) is 27.7 Å². The fraction of sp³-hybridized carbons (Fsp3) is 1.00. The van der Waals surface area contributed by atoms with Gasteiger partial charge in [0, 0.05) is 12.2 Å². The first-order chi connectivity index (χ1) is 9.16. The molecular weight excluding hydrogens is 288 g/mol. The molecule has 0 saturated heterocycles. The SMILES string of the molecule is CC[N+](CC)(CC)CC.O=S(=O)([O-])CCCCC(F)F. The molecular formula is C13H29F2NO3S. The zero-order valence-corrected chi connectivity index (χ0v) is 13.9. The van der Waals surface area contributed by atoms with Gasteiger partial charge in [0.1, 0.15) is 0 Å². The molecule has 7 heteroatoms. The van der Waals surface area contributed by atoms with Crippen molar-refractivity contribution in [2.75, 3.05) is 31.9 Å². The predicted molar refractivity (Wildman–Crippen MR) is 76.8 cm³/mol. The Bertz CT molecular complexity index is 300. The highest BCUT2D eigenvalue weighted by Crippen LogP contribution is 2.06. The Labute approximate surface area is 122 Å². The van der Waals surface area contributed by atoms with E-state index < -0.39 is 22.3 Å². The van der Waals surface area contributed by atoms with Crippen LogP contribution in [0.4, 0.5) is 8.78 Å². The highest BCUT2D eigenvalue weighted by molar-refractivity contribution is 7.85. The Kier molecular flexibility index (Phi) is 12.5. The zero-order valence-electron chi connectivity index (χ0n) is 13.1. The van der Waals surface area contributed by atoms with Gasteiger partial charge in [-0.25, -0.2) is 17.2 Å². The molecule has 0 aliphatic rings. The van der Waals surface area contributed by atoms with E-state index >= 15 is 0 Å². The van der Waals surface area contributed by atoms with Gasteiger partial charge in [0.05, 0.1) is 36.3 Å². The summed E-state index contributed by atoms with van der Waals surface area (Å²) < 4.78 is 53.9. The third-order valence-electron chi connectivity index (χ3n) is 3.75.